The van der Waals surface area contributed by atoms with Crippen LogP contribution in [0.15, 0.2) is 21.9 Å². The van der Waals surface area contributed by atoms with Crippen LogP contribution in [0, 0.1) is 0 Å². The van der Waals surface area contributed by atoms with Crippen molar-refractivity contribution in [2.45, 2.75) is 39.8 Å². The lowest BCUT2D eigenvalue weighted by Crippen LogP contribution is -2.19. The van der Waals surface area contributed by atoms with E-state index in [9.17, 15) is 0 Å². The third-order valence-electron chi connectivity index (χ3n) is 1.54. The second-order valence-electron chi connectivity index (χ2n) is 3.41. The van der Waals surface area contributed by atoms with Crippen molar-refractivity contribution in [1.29, 1.82) is 0 Å². The van der Waals surface area contributed by atoms with E-state index < -0.39 is 0 Å². The first kappa shape index (κ1) is 9.10. The highest BCUT2D eigenvalue weighted by Crippen LogP contribution is 1.98. The van der Waals surface area contributed by atoms with Crippen LogP contribution in [-0.2, 0) is 0 Å². The third-order valence-corrected chi connectivity index (χ3v) is 1.54. The van der Waals surface area contributed by atoms with Gasteiger partial charge in [0.2, 0.25) is 0 Å². The number of hydrogen-bond acceptors (Lipinski definition) is 2. The van der Waals surface area contributed by atoms with E-state index in [0.717, 1.165) is 0 Å². The van der Waals surface area contributed by atoms with Crippen molar-refractivity contribution >= 4 is 0 Å². The minimum Gasteiger partial charge on any atom is -0.432 e. The van der Waals surface area contributed by atoms with Gasteiger partial charge in [0.05, 0.1) is 0 Å². The molecule has 0 atom stereocenters. The van der Waals surface area contributed by atoms with Gasteiger partial charge >= 0.3 is 0 Å². The van der Waals surface area contributed by atoms with Crippen LogP contribution in [0.25, 0.3) is 0 Å². The van der Waals surface area contributed by atoms with Gasteiger partial charge in [0.1, 0.15) is 6.26 Å². The quantitative estimate of drug-likeness (QED) is 0.664. The maximum absolute atomic E-state index is 5.23. The van der Waals surface area contributed by atoms with Crippen molar-refractivity contribution in [3.8, 4) is 0 Å². The van der Waals surface area contributed by atoms with Crippen LogP contribution in [-0.4, -0.2) is 10.6 Å². The summed E-state index contributed by atoms with van der Waals surface area (Å²) in [6.45, 7) is 8.28. The number of oxazole rings is 1. The highest BCUT2D eigenvalue weighted by atomic mass is 16.3. The number of nitrogens with zero attached hydrogens (tertiary/aromatic N) is 2. The van der Waals surface area contributed by atoms with Crippen LogP contribution in [0.4, 0.5) is 0 Å². The molecule has 0 aliphatic carbocycles. The predicted octanol–water partition coefficient (Wildman–Crippen LogP) is 1.97. The minimum absolute atomic E-state index is 0.279. The van der Waals surface area contributed by atoms with Gasteiger partial charge in [-0.2, -0.15) is 0 Å². The SMILES string of the molecule is CC(C)/N=c1\occn1C(C)C. The van der Waals surface area contributed by atoms with Crippen LogP contribution < -0.4 is 5.68 Å². The fourth-order valence-electron chi connectivity index (χ4n) is 0.992. The molecule has 3 heteroatoms. The van der Waals surface area contributed by atoms with Crippen LogP contribution >= 0.6 is 0 Å². The van der Waals surface area contributed by atoms with Crippen molar-refractivity contribution in [2.24, 2.45) is 4.99 Å². The first-order valence-corrected chi connectivity index (χ1v) is 4.30. The zero-order valence-electron chi connectivity index (χ0n) is 8.11. The number of rotatable bonds is 2. The molecule has 0 aromatic carbocycles. The average Bonchev–Trinajstić information content (AvgIpc) is 2.33. The second-order valence-corrected chi connectivity index (χ2v) is 3.41. The molecule has 1 aromatic heterocycles. The Bertz CT molecular complexity index is 293. The van der Waals surface area contributed by atoms with Crippen LogP contribution in [0.5, 0.6) is 0 Å². The van der Waals surface area contributed by atoms with Crippen LogP contribution in [0.1, 0.15) is 33.7 Å². The van der Waals surface area contributed by atoms with E-state index in [4.69, 9.17) is 4.42 Å². The first-order valence-electron chi connectivity index (χ1n) is 4.30. The van der Waals surface area contributed by atoms with E-state index in [1.165, 1.54) is 0 Å². The Morgan fingerprint density at radius 3 is 2.50 bits per heavy atom. The van der Waals surface area contributed by atoms with Crippen LogP contribution in [0.2, 0.25) is 0 Å². The molecular weight excluding hydrogens is 152 g/mol. The molecule has 1 rings (SSSR count). The number of aromatic nitrogens is 1. The minimum atomic E-state index is 0.279. The molecule has 0 aliphatic rings. The molecular formula is C9H16N2O. The molecule has 0 N–H and O–H groups in total. The highest BCUT2D eigenvalue weighted by molar-refractivity contribution is 4.73. The zero-order chi connectivity index (χ0) is 9.14. The molecule has 0 spiro atoms. The van der Waals surface area contributed by atoms with Gasteiger partial charge in [-0.05, 0) is 27.7 Å². The molecule has 68 valence electrons. The van der Waals surface area contributed by atoms with E-state index in [1.54, 1.807) is 6.26 Å². The predicted molar refractivity (Wildman–Crippen MR) is 47.8 cm³/mol. The monoisotopic (exact) mass is 168 g/mol. The van der Waals surface area contributed by atoms with E-state index in [-0.39, 0.29) is 6.04 Å². The summed E-state index contributed by atoms with van der Waals surface area (Å²) in [5, 5.41) is 0. The number of hydrogen-bond donors (Lipinski definition) is 0. The topological polar surface area (TPSA) is 30.4 Å². The summed E-state index contributed by atoms with van der Waals surface area (Å²) in [5.41, 5.74) is 0.708. The fourth-order valence-corrected chi connectivity index (χ4v) is 0.992. The lowest BCUT2D eigenvalue weighted by Gasteiger charge is -2.04. The van der Waals surface area contributed by atoms with E-state index in [0.29, 0.717) is 11.7 Å². The molecule has 1 heterocycles. The van der Waals surface area contributed by atoms with Gasteiger partial charge in [-0.15, -0.1) is 0 Å². The van der Waals surface area contributed by atoms with E-state index >= 15 is 0 Å². The molecule has 0 radical (unpaired) electrons. The smallest absolute Gasteiger partial charge is 0.297 e. The van der Waals surface area contributed by atoms with Gasteiger partial charge < -0.3 is 4.42 Å². The normalized spacial score (nSPS) is 13.3. The summed E-state index contributed by atoms with van der Waals surface area (Å²) in [7, 11) is 0. The van der Waals surface area contributed by atoms with E-state index in [2.05, 4.69) is 18.8 Å². The summed E-state index contributed by atoms with van der Waals surface area (Å²) in [5.74, 6) is 0. The van der Waals surface area contributed by atoms with Gasteiger partial charge in [-0.3, -0.25) is 4.57 Å². The summed E-state index contributed by atoms with van der Waals surface area (Å²) in [6, 6.07) is 0.683. The van der Waals surface area contributed by atoms with E-state index in [1.807, 2.05) is 24.6 Å². The summed E-state index contributed by atoms with van der Waals surface area (Å²) < 4.78 is 7.25. The van der Waals surface area contributed by atoms with Gasteiger partial charge in [0, 0.05) is 18.3 Å². The molecule has 0 saturated heterocycles. The zero-order valence-corrected chi connectivity index (χ0v) is 8.11. The van der Waals surface area contributed by atoms with Gasteiger partial charge in [0.15, 0.2) is 0 Å². The summed E-state index contributed by atoms with van der Waals surface area (Å²) >= 11 is 0. The molecule has 0 fully saturated rings. The van der Waals surface area contributed by atoms with Gasteiger partial charge in [-0.1, -0.05) is 0 Å². The Morgan fingerprint density at radius 2 is 2.00 bits per heavy atom. The molecule has 12 heavy (non-hydrogen) atoms. The van der Waals surface area contributed by atoms with Crippen molar-refractivity contribution in [1.82, 2.24) is 4.57 Å². The average molecular weight is 168 g/mol. The van der Waals surface area contributed by atoms with Gasteiger partial charge in [-0.25, -0.2) is 4.99 Å². The molecule has 1 aromatic rings. The lowest BCUT2D eigenvalue weighted by atomic mass is 10.4. The fraction of sp³-hybridized carbons (Fsp3) is 0.667. The third kappa shape index (κ3) is 2.00. The highest BCUT2D eigenvalue weighted by Gasteiger charge is 2.00. The first-order chi connectivity index (χ1) is 5.61. The van der Waals surface area contributed by atoms with Crippen molar-refractivity contribution in [2.75, 3.05) is 0 Å². The van der Waals surface area contributed by atoms with Crippen molar-refractivity contribution in [3.63, 3.8) is 0 Å². The Labute approximate surface area is 72.7 Å². The molecule has 0 amide bonds. The lowest BCUT2D eigenvalue weighted by molar-refractivity contribution is 0.426. The Balaban J connectivity index is 3.07. The maximum Gasteiger partial charge on any atom is 0.297 e. The largest absolute Gasteiger partial charge is 0.432 e. The second kappa shape index (κ2) is 3.61. The van der Waals surface area contributed by atoms with Crippen LogP contribution in [0.3, 0.4) is 0 Å². The molecule has 0 bridgehead atoms. The molecule has 0 aliphatic heterocycles. The van der Waals surface area contributed by atoms with Crippen molar-refractivity contribution < 1.29 is 4.42 Å². The standard InChI is InChI=1S/C9H16N2O/c1-7(2)10-9-11(8(3)4)5-6-12-9/h5-8H,1-4H3/b10-9-. The summed E-state index contributed by atoms with van der Waals surface area (Å²) in [4.78, 5) is 4.34. The van der Waals surface area contributed by atoms with Gasteiger partial charge in [0.25, 0.3) is 5.68 Å². The van der Waals surface area contributed by atoms with Crippen molar-refractivity contribution in [3.05, 3.63) is 18.1 Å². The Hall–Kier alpha value is -0.990. The molecule has 0 saturated carbocycles. The molecule has 3 nitrogen and oxygen atoms in total. The molecule has 0 unspecified atom stereocenters. The summed E-state index contributed by atoms with van der Waals surface area (Å²) in [6.07, 6.45) is 3.58. The Morgan fingerprint density at radius 1 is 1.33 bits per heavy atom. The maximum atomic E-state index is 5.23. The Kier molecular flexibility index (Phi) is 2.74.